The van der Waals surface area contributed by atoms with E-state index < -0.39 is 0 Å². The average molecular weight is 396 g/mol. The lowest BCUT2D eigenvalue weighted by Crippen LogP contribution is -2.72. The fourth-order valence-corrected chi connectivity index (χ4v) is 12.2. The van der Waals surface area contributed by atoms with E-state index in [1.807, 2.05) is 0 Å². The molecule has 0 aromatic rings. The van der Waals surface area contributed by atoms with Gasteiger partial charge in [0.05, 0.1) is 0 Å². The first-order valence-corrected chi connectivity index (χ1v) is 13.8. The standard InChI is InChI=1S/C28H45N/c1-2-25-11-23-12-26(17-25,24-6-4-3-5-7-24)19-28(16-23,18-25)29-27-13-20-8-21(14-27)10-22(9-20)15-27/h20-24,29H,2-19H2,1H3. The Balaban J connectivity index is 1.23. The Kier molecular flexibility index (Phi) is 3.86. The van der Waals surface area contributed by atoms with E-state index in [2.05, 4.69) is 6.92 Å². The van der Waals surface area contributed by atoms with Crippen LogP contribution in [0.25, 0.3) is 0 Å². The highest BCUT2D eigenvalue weighted by atomic mass is 15.1. The molecular weight excluding hydrogens is 350 g/mol. The maximum absolute atomic E-state index is 4.69. The van der Waals surface area contributed by atoms with Crippen LogP contribution in [-0.4, -0.2) is 11.1 Å². The first-order valence-electron chi connectivity index (χ1n) is 13.8. The second-order valence-electron chi connectivity index (χ2n) is 14.2. The van der Waals surface area contributed by atoms with Gasteiger partial charge in [-0.2, -0.15) is 0 Å². The molecule has 1 nitrogen and oxygen atoms in total. The molecule has 9 saturated carbocycles. The van der Waals surface area contributed by atoms with Crippen LogP contribution in [0.15, 0.2) is 0 Å². The van der Waals surface area contributed by atoms with Crippen molar-refractivity contribution >= 4 is 0 Å². The quantitative estimate of drug-likeness (QED) is 0.529. The molecule has 1 heteroatoms. The van der Waals surface area contributed by atoms with Crippen molar-refractivity contribution < 1.29 is 0 Å². The highest BCUT2D eigenvalue weighted by Crippen LogP contribution is 2.71. The third-order valence-electron chi connectivity index (χ3n) is 12.0. The molecule has 0 spiro atoms. The van der Waals surface area contributed by atoms with Crippen molar-refractivity contribution in [3.8, 4) is 0 Å². The Morgan fingerprint density at radius 3 is 1.97 bits per heavy atom. The summed E-state index contributed by atoms with van der Waals surface area (Å²) in [5, 5.41) is 4.69. The Morgan fingerprint density at radius 1 is 0.655 bits per heavy atom. The molecule has 4 unspecified atom stereocenters. The number of rotatable bonds is 4. The van der Waals surface area contributed by atoms with Crippen molar-refractivity contribution in [3.63, 3.8) is 0 Å². The summed E-state index contributed by atoms with van der Waals surface area (Å²) in [6.07, 6.45) is 28.0. The first-order chi connectivity index (χ1) is 14.0. The van der Waals surface area contributed by atoms with Gasteiger partial charge in [-0.15, -0.1) is 0 Å². The predicted octanol–water partition coefficient (Wildman–Crippen LogP) is 7.24. The second-order valence-corrected chi connectivity index (χ2v) is 14.2. The highest BCUT2D eigenvalue weighted by molar-refractivity contribution is 5.20. The SMILES string of the molecule is CCC12CC3CC(NC45CC6CC(CC(C6)C4)C5)(C1)CC(C1CCCCC1)(C3)C2. The summed E-state index contributed by atoms with van der Waals surface area (Å²) in [6.45, 7) is 2.56. The fourth-order valence-electron chi connectivity index (χ4n) is 12.2. The van der Waals surface area contributed by atoms with Gasteiger partial charge >= 0.3 is 0 Å². The van der Waals surface area contributed by atoms with Gasteiger partial charge in [0, 0.05) is 11.1 Å². The van der Waals surface area contributed by atoms with Crippen molar-refractivity contribution in [2.75, 3.05) is 0 Å². The highest BCUT2D eigenvalue weighted by Gasteiger charge is 2.66. The molecule has 8 bridgehead atoms. The maximum Gasteiger partial charge on any atom is 0.0200 e. The van der Waals surface area contributed by atoms with Crippen LogP contribution in [0.5, 0.6) is 0 Å². The monoisotopic (exact) mass is 395 g/mol. The first kappa shape index (κ1) is 18.5. The van der Waals surface area contributed by atoms with E-state index in [0.717, 1.165) is 35.0 Å². The Hall–Kier alpha value is -0.0400. The lowest BCUT2D eigenvalue weighted by Gasteiger charge is -2.71. The Bertz CT molecular complexity index is 641. The van der Waals surface area contributed by atoms with Crippen molar-refractivity contribution in [2.24, 2.45) is 40.4 Å². The third-order valence-corrected chi connectivity index (χ3v) is 12.0. The van der Waals surface area contributed by atoms with Crippen LogP contribution in [0.3, 0.4) is 0 Å². The third kappa shape index (κ3) is 2.74. The minimum absolute atomic E-state index is 0.526. The van der Waals surface area contributed by atoms with Gasteiger partial charge in [0.25, 0.3) is 0 Å². The summed E-state index contributed by atoms with van der Waals surface area (Å²) in [4.78, 5) is 0. The van der Waals surface area contributed by atoms with Gasteiger partial charge in [0.15, 0.2) is 0 Å². The summed E-state index contributed by atoms with van der Waals surface area (Å²) in [7, 11) is 0. The van der Waals surface area contributed by atoms with Crippen LogP contribution >= 0.6 is 0 Å². The lowest BCUT2D eigenvalue weighted by atomic mass is 9.38. The topological polar surface area (TPSA) is 12.0 Å². The Morgan fingerprint density at radius 2 is 1.31 bits per heavy atom. The normalized spacial score (nSPS) is 58.2. The predicted molar refractivity (Wildman–Crippen MR) is 120 cm³/mol. The molecule has 0 amide bonds. The van der Waals surface area contributed by atoms with E-state index in [1.54, 1.807) is 89.9 Å². The molecular formula is C28H45N. The average Bonchev–Trinajstić information content (AvgIpc) is 2.66. The van der Waals surface area contributed by atoms with E-state index in [9.17, 15) is 0 Å². The second kappa shape index (κ2) is 6.05. The van der Waals surface area contributed by atoms with E-state index in [0.29, 0.717) is 16.5 Å². The number of nitrogens with one attached hydrogen (secondary N) is 1. The molecule has 29 heavy (non-hydrogen) atoms. The minimum Gasteiger partial charge on any atom is -0.306 e. The van der Waals surface area contributed by atoms with Crippen molar-refractivity contribution in [1.29, 1.82) is 0 Å². The van der Waals surface area contributed by atoms with Gasteiger partial charge in [-0.3, -0.25) is 0 Å². The van der Waals surface area contributed by atoms with Gasteiger partial charge in [-0.1, -0.05) is 32.6 Å². The largest absolute Gasteiger partial charge is 0.306 e. The van der Waals surface area contributed by atoms with Crippen LogP contribution in [0.4, 0.5) is 0 Å². The lowest BCUT2D eigenvalue weighted by molar-refractivity contribution is -0.176. The van der Waals surface area contributed by atoms with Gasteiger partial charge < -0.3 is 5.32 Å². The van der Waals surface area contributed by atoms with Crippen molar-refractivity contribution in [2.45, 2.75) is 134 Å². The number of hydrogen-bond donors (Lipinski definition) is 1. The van der Waals surface area contributed by atoms with Gasteiger partial charge in [-0.05, 0) is 130 Å². The van der Waals surface area contributed by atoms with Gasteiger partial charge in [-0.25, -0.2) is 0 Å². The molecule has 0 aromatic carbocycles. The van der Waals surface area contributed by atoms with E-state index in [1.165, 1.54) is 25.7 Å². The van der Waals surface area contributed by atoms with Crippen molar-refractivity contribution in [3.05, 3.63) is 0 Å². The molecule has 0 saturated heterocycles. The van der Waals surface area contributed by atoms with E-state index in [-0.39, 0.29) is 0 Å². The molecule has 9 fully saturated rings. The summed E-state index contributed by atoms with van der Waals surface area (Å²) >= 11 is 0. The van der Waals surface area contributed by atoms with E-state index in [4.69, 9.17) is 5.32 Å². The summed E-state index contributed by atoms with van der Waals surface area (Å²) < 4.78 is 0. The smallest absolute Gasteiger partial charge is 0.0200 e. The summed E-state index contributed by atoms with van der Waals surface area (Å²) in [5.41, 5.74) is 2.51. The zero-order valence-corrected chi connectivity index (χ0v) is 19.1. The van der Waals surface area contributed by atoms with Gasteiger partial charge in [0.2, 0.25) is 0 Å². The van der Waals surface area contributed by atoms with Crippen LogP contribution in [0, 0.1) is 40.4 Å². The molecule has 0 heterocycles. The maximum atomic E-state index is 4.69. The van der Waals surface area contributed by atoms with E-state index >= 15 is 0 Å². The van der Waals surface area contributed by atoms with Crippen LogP contribution < -0.4 is 5.32 Å². The molecule has 1 N–H and O–H groups in total. The van der Waals surface area contributed by atoms with Crippen molar-refractivity contribution in [1.82, 2.24) is 5.32 Å². The van der Waals surface area contributed by atoms with Crippen LogP contribution in [-0.2, 0) is 0 Å². The molecule has 9 rings (SSSR count). The molecule has 0 aromatic heterocycles. The van der Waals surface area contributed by atoms with Crippen LogP contribution in [0.1, 0.15) is 122 Å². The minimum atomic E-state index is 0.526. The summed E-state index contributed by atoms with van der Waals surface area (Å²) in [5.74, 6) is 5.36. The Labute approximate surface area is 179 Å². The molecule has 0 radical (unpaired) electrons. The molecule has 9 aliphatic carbocycles. The molecule has 0 aliphatic heterocycles. The molecule has 162 valence electrons. The zero-order chi connectivity index (χ0) is 19.3. The number of hydrogen-bond acceptors (Lipinski definition) is 1. The van der Waals surface area contributed by atoms with Crippen LogP contribution in [0.2, 0.25) is 0 Å². The molecule has 9 aliphatic rings. The fraction of sp³-hybridized carbons (Fsp3) is 1.00. The van der Waals surface area contributed by atoms with Gasteiger partial charge in [0.1, 0.15) is 0 Å². The summed E-state index contributed by atoms with van der Waals surface area (Å²) in [6, 6.07) is 0. The zero-order valence-electron chi connectivity index (χ0n) is 19.1. The molecule has 4 atom stereocenters.